The molecular formula is C16H25NO. The number of likely N-dealkylation sites (N-methyl/N-ethyl adjacent to an activating group) is 1. The van der Waals surface area contributed by atoms with E-state index in [2.05, 4.69) is 31.7 Å². The van der Waals surface area contributed by atoms with Gasteiger partial charge in [-0.2, -0.15) is 0 Å². The molecule has 0 atom stereocenters. The average Bonchev–Trinajstić information content (AvgIpc) is 2.34. The van der Waals surface area contributed by atoms with Crippen molar-refractivity contribution in [3.05, 3.63) is 34.9 Å². The van der Waals surface area contributed by atoms with Crippen LogP contribution in [-0.2, 0) is 0 Å². The van der Waals surface area contributed by atoms with E-state index in [4.69, 9.17) is 0 Å². The summed E-state index contributed by atoms with van der Waals surface area (Å²) in [5.74, 6) is 0.249. The predicted molar refractivity (Wildman–Crippen MR) is 77.2 cm³/mol. The van der Waals surface area contributed by atoms with Gasteiger partial charge in [-0.05, 0) is 51.9 Å². The first-order valence-corrected chi connectivity index (χ1v) is 6.69. The van der Waals surface area contributed by atoms with Crippen LogP contribution in [0.2, 0.25) is 0 Å². The van der Waals surface area contributed by atoms with Crippen LogP contribution in [0.4, 0.5) is 0 Å². The summed E-state index contributed by atoms with van der Waals surface area (Å²) in [7, 11) is 3.99. The maximum absolute atomic E-state index is 12.9. The third-order valence-electron chi connectivity index (χ3n) is 4.30. The van der Waals surface area contributed by atoms with Crippen molar-refractivity contribution >= 4 is 5.78 Å². The number of rotatable bonds is 5. The van der Waals surface area contributed by atoms with Crippen LogP contribution < -0.4 is 0 Å². The van der Waals surface area contributed by atoms with Gasteiger partial charge in [0.2, 0.25) is 0 Å². The van der Waals surface area contributed by atoms with Gasteiger partial charge in [0.05, 0.1) is 5.54 Å². The molecule has 18 heavy (non-hydrogen) atoms. The highest BCUT2D eigenvalue weighted by Crippen LogP contribution is 2.28. The van der Waals surface area contributed by atoms with E-state index in [0.717, 1.165) is 24.0 Å². The summed E-state index contributed by atoms with van der Waals surface area (Å²) in [5, 5.41) is 0. The predicted octanol–water partition coefficient (Wildman–Crippen LogP) is 3.61. The van der Waals surface area contributed by atoms with Crippen LogP contribution in [0.5, 0.6) is 0 Å². The Hall–Kier alpha value is -1.15. The van der Waals surface area contributed by atoms with E-state index in [1.54, 1.807) is 0 Å². The van der Waals surface area contributed by atoms with Gasteiger partial charge in [-0.1, -0.05) is 32.0 Å². The molecule has 100 valence electrons. The number of hydrogen-bond donors (Lipinski definition) is 0. The Labute approximate surface area is 111 Å². The highest BCUT2D eigenvalue weighted by molar-refractivity contribution is 6.04. The van der Waals surface area contributed by atoms with E-state index in [-0.39, 0.29) is 11.3 Å². The van der Waals surface area contributed by atoms with Crippen LogP contribution in [-0.4, -0.2) is 30.3 Å². The fraction of sp³-hybridized carbons (Fsp3) is 0.562. The van der Waals surface area contributed by atoms with Gasteiger partial charge in [0, 0.05) is 5.56 Å². The molecule has 0 aliphatic heterocycles. The van der Waals surface area contributed by atoms with E-state index in [0.29, 0.717) is 0 Å². The topological polar surface area (TPSA) is 20.3 Å². The van der Waals surface area contributed by atoms with Crippen molar-refractivity contribution in [2.75, 3.05) is 14.1 Å². The molecule has 1 rings (SSSR count). The number of ketones is 1. The number of carbonyl (C=O) groups is 1. The average molecular weight is 247 g/mol. The van der Waals surface area contributed by atoms with Gasteiger partial charge in [0.15, 0.2) is 5.78 Å². The molecule has 0 aromatic heterocycles. The van der Waals surface area contributed by atoms with E-state index in [9.17, 15) is 4.79 Å². The fourth-order valence-corrected chi connectivity index (χ4v) is 2.65. The molecular weight excluding hydrogens is 222 g/mol. The fourth-order valence-electron chi connectivity index (χ4n) is 2.65. The third-order valence-corrected chi connectivity index (χ3v) is 4.30. The van der Waals surface area contributed by atoms with Gasteiger partial charge in [-0.25, -0.2) is 0 Å². The molecule has 0 saturated carbocycles. The molecule has 0 heterocycles. The summed E-state index contributed by atoms with van der Waals surface area (Å²) in [5.41, 5.74) is 2.78. The lowest BCUT2D eigenvalue weighted by Gasteiger charge is -2.37. The molecule has 1 aromatic rings. The molecule has 0 aliphatic rings. The maximum atomic E-state index is 12.9. The number of aryl methyl sites for hydroxylation is 1. The number of nitrogens with zero attached hydrogens (tertiary/aromatic N) is 1. The SMILES string of the molecule is CCC(CC)(C(=O)c1cccc(C)c1C)N(C)C. The van der Waals surface area contributed by atoms with Gasteiger partial charge < -0.3 is 0 Å². The molecule has 0 spiro atoms. The largest absolute Gasteiger partial charge is 0.297 e. The zero-order valence-electron chi connectivity index (χ0n) is 12.5. The van der Waals surface area contributed by atoms with Gasteiger partial charge in [0.25, 0.3) is 0 Å². The Bertz CT molecular complexity index is 431. The highest BCUT2D eigenvalue weighted by Gasteiger charge is 2.38. The van der Waals surface area contributed by atoms with E-state index < -0.39 is 0 Å². The van der Waals surface area contributed by atoms with Gasteiger partial charge in [-0.15, -0.1) is 0 Å². The van der Waals surface area contributed by atoms with E-state index in [1.165, 1.54) is 5.56 Å². The Morgan fingerprint density at radius 2 is 1.72 bits per heavy atom. The summed E-state index contributed by atoms with van der Waals surface area (Å²) in [4.78, 5) is 15.0. The molecule has 2 heteroatoms. The minimum absolute atomic E-state index is 0.249. The van der Waals surface area contributed by atoms with E-state index in [1.807, 2.05) is 33.2 Å². The maximum Gasteiger partial charge on any atom is 0.183 e. The van der Waals surface area contributed by atoms with Crippen LogP contribution in [0.15, 0.2) is 18.2 Å². The molecule has 2 nitrogen and oxygen atoms in total. The Morgan fingerprint density at radius 3 is 2.17 bits per heavy atom. The first-order valence-electron chi connectivity index (χ1n) is 6.69. The molecule has 0 unspecified atom stereocenters. The summed E-state index contributed by atoms with van der Waals surface area (Å²) in [6, 6.07) is 5.98. The van der Waals surface area contributed by atoms with Crippen molar-refractivity contribution in [1.29, 1.82) is 0 Å². The van der Waals surface area contributed by atoms with Crippen molar-refractivity contribution in [3.8, 4) is 0 Å². The second-order valence-electron chi connectivity index (χ2n) is 5.21. The van der Waals surface area contributed by atoms with Crippen LogP contribution in [0.1, 0.15) is 48.2 Å². The van der Waals surface area contributed by atoms with Gasteiger partial charge in [-0.3, -0.25) is 9.69 Å². The number of Topliss-reactive ketones (excluding diaryl/α,β-unsaturated/α-hetero) is 1. The van der Waals surface area contributed by atoms with Crippen LogP contribution in [0.25, 0.3) is 0 Å². The Kier molecular flexibility index (Phi) is 4.69. The monoisotopic (exact) mass is 247 g/mol. The quantitative estimate of drug-likeness (QED) is 0.741. The lowest BCUT2D eigenvalue weighted by atomic mass is 9.81. The van der Waals surface area contributed by atoms with Gasteiger partial charge >= 0.3 is 0 Å². The van der Waals surface area contributed by atoms with Crippen molar-refractivity contribution in [1.82, 2.24) is 4.90 Å². The highest BCUT2D eigenvalue weighted by atomic mass is 16.1. The first kappa shape index (κ1) is 14.9. The van der Waals surface area contributed by atoms with Crippen molar-refractivity contribution < 1.29 is 4.79 Å². The molecule has 1 aromatic carbocycles. The second kappa shape index (κ2) is 5.66. The molecule has 0 N–H and O–H groups in total. The summed E-state index contributed by atoms with van der Waals surface area (Å²) in [6.45, 7) is 8.27. The summed E-state index contributed by atoms with van der Waals surface area (Å²) < 4.78 is 0. The number of hydrogen-bond acceptors (Lipinski definition) is 2. The van der Waals surface area contributed by atoms with Crippen molar-refractivity contribution in [2.45, 2.75) is 46.1 Å². The minimum atomic E-state index is -0.376. The van der Waals surface area contributed by atoms with Crippen LogP contribution in [0, 0.1) is 13.8 Å². The normalized spacial score (nSPS) is 11.9. The summed E-state index contributed by atoms with van der Waals surface area (Å²) in [6.07, 6.45) is 1.67. The van der Waals surface area contributed by atoms with Crippen LogP contribution >= 0.6 is 0 Å². The molecule has 0 radical (unpaired) electrons. The third kappa shape index (κ3) is 2.35. The zero-order chi connectivity index (χ0) is 13.9. The van der Waals surface area contributed by atoms with Crippen molar-refractivity contribution in [3.63, 3.8) is 0 Å². The Morgan fingerprint density at radius 1 is 1.17 bits per heavy atom. The molecule has 0 aliphatic carbocycles. The van der Waals surface area contributed by atoms with Gasteiger partial charge in [0.1, 0.15) is 0 Å². The number of benzene rings is 1. The van der Waals surface area contributed by atoms with Crippen LogP contribution in [0.3, 0.4) is 0 Å². The molecule has 0 amide bonds. The second-order valence-corrected chi connectivity index (χ2v) is 5.21. The lowest BCUT2D eigenvalue weighted by molar-refractivity contribution is 0.0655. The standard InChI is InChI=1S/C16H25NO/c1-7-16(8-2,17(5)6)15(18)14-11-9-10-12(3)13(14)4/h9-11H,7-8H2,1-6H3. The minimum Gasteiger partial charge on any atom is -0.297 e. The van der Waals surface area contributed by atoms with E-state index >= 15 is 0 Å². The number of carbonyl (C=O) groups excluding carboxylic acids is 1. The molecule has 0 fully saturated rings. The molecule has 0 saturated heterocycles. The first-order chi connectivity index (χ1) is 8.40. The summed E-state index contributed by atoms with van der Waals surface area (Å²) >= 11 is 0. The van der Waals surface area contributed by atoms with Crippen molar-refractivity contribution in [2.24, 2.45) is 0 Å². The Balaban J connectivity index is 3.31. The smallest absolute Gasteiger partial charge is 0.183 e. The lowest BCUT2D eigenvalue weighted by Crippen LogP contribution is -2.50. The zero-order valence-corrected chi connectivity index (χ0v) is 12.5. The molecule has 0 bridgehead atoms.